The van der Waals surface area contributed by atoms with Crippen molar-refractivity contribution in [3.05, 3.63) is 35.9 Å². The molecule has 0 aliphatic carbocycles. The summed E-state index contributed by atoms with van der Waals surface area (Å²) in [6.07, 6.45) is -3.09. The standard InChI is InChI=1S/C15H22F3NO/c1-3-14(4-2,11-20)10-19-13(15(16,17)18)12-8-6-5-7-9-12/h5-9,13,19-20H,3-4,10-11H2,1-2H3. The first-order valence-electron chi connectivity index (χ1n) is 6.84. The molecule has 0 fully saturated rings. The molecule has 20 heavy (non-hydrogen) atoms. The molecule has 0 aliphatic heterocycles. The summed E-state index contributed by atoms with van der Waals surface area (Å²) in [6.45, 7) is 3.78. The number of rotatable bonds is 7. The zero-order valence-electron chi connectivity index (χ0n) is 11.9. The van der Waals surface area contributed by atoms with Gasteiger partial charge in [0.15, 0.2) is 0 Å². The first-order valence-corrected chi connectivity index (χ1v) is 6.84. The van der Waals surface area contributed by atoms with Gasteiger partial charge in [0.2, 0.25) is 0 Å². The van der Waals surface area contributed by atoms with E-state index >= 15 is 0 Å². The summed E-state index contributed by atoms with van der Waals surface area (Å²) in [6, 6.07) is 6.09. The van der Waals surface area contributed by atoms with Gasteiger partial charge in [0.1, 0.15) is 6.04 Å². The van der Waals surface area contributed by atoms with Crippen molar-refractivity contribution in [3.63, 3.8) is 0 Å². The van der Waals surface area contributed by atoms with E-state index in [1.165, 1.54) is 12.1 Å². The highest BCUT2D eigenvalue weighted by atomic mass is 19.4. The number of aliphatic hydroxyl groups is 1. The van der Waals surface area contributed by atoms with Crippen LogP contribution in [0.25, 0.3) is 0 Å². The summed E-state index contributed by atoms with van der Waals surface area (Å²) in [4.78, 5) is 0. The van der Waals surface area contributed by atoms with E-state index in [1.807, 2.05) is 13.8 Å². The third-order valence-electron chi connectivity index (χ3n) is 3.98. The van der Waals surface area contributed by atoms with E-state index in [0.717, 1.165) is 0 Å². The maximum Gasteiger partial charge on any atom is 0.407 e. The molecule has 2 N–H and O–H groups in total. The molecule has 0 saturated heterocycles. The maximum absolute atomic E-state index is 13.2. The van der Waals surface area contributed by atoms with Crippen LogP contribution in [0.4, 0.5) is 13.2 Å². The average Bonchev–Trinajstić information content (AvgIpc) is 2.44. The molecule has 114 valence electrons. The molecule has 1 aromatic carbocycles. The van der Waals surface area contributed by atoms with Gasteiger partial charge in [0, 0.05) is 18.6 Å². The van der Waals surface area contributed by atoms with E-state index < -0.39 is 17.6 Å². The van der Waals surface area contributed by atoms with Crippen LogP contribution in [0.3, 0.4) is 0 Å². The molecule has 0 amide bonds. The number of aliphatic hydroxyl groups excluding tert-OH is 1. The minimum Gasteiger partial charge on any atom is -0.396 e. The minimum atomic E-state index is -4.36. The summed E-state index contributed by atoms with van der Waals surface area (Å²) in [5, 5.41) is 12.0. The summed E-state index contributed by atoms with van der Waals surface area (Å²) >= 11 is 0. The third-order valence-corrected chi connectivity index (χ3v) is 3.98. The monoisotopic (exact) mass is 289 g/mol. The molecular formula is C15H22F3NO. The molecule has 1 rings (SSSR count). The fourth-order valence-electron chi connectivity index (χ4n) is 2.17. The van der Waals surface area contributed by atoms with Crippen LogP contribution in [-0.4, -0.2) is 24.4 Å². The highest BCUT2D eigenvalue weighted by Crippen LogP contribution is 2.34. The molecule has 0 aliphatic rings. The molecule has 0 heterocycles. The summed E-state index contributed by atoms with van der Waals surface area (Å²) < 4.78 is 39.5. The lowest BCUT2D eigenvalue weighted by Gasteiger charge is -2.32. The Balaban J connectivity index is 2.88. The largest absolute Gasteiger partial charge is 0.407 e. The Kier molecular flexibility index (Phi) is 6.02. The summed E-state index contributed by atoms with van der Waals surface area (Å²) in [7, 11) is 0. The Morgan fingerprint density at radius 3 is 2.05 bits per heavy atom. The zero-order valence-corrected chi connectivity index (χ0v) is 11.9. The number of hydrogen-bond acceptors (Lipinski definition) is 2. The van der Waals surface area contributed by atoms with E-state index in [0.29, 0.717) is 12.8 Å². The second-order valence-corrected chi connectivity index (χ2v) is 5.13. The highest BCUT2D eigenvalue weighted by molar-refractivity contribution is 5.20. The normalized spacial score (nSPS) is 14.3. The second kappa shape index (κ2) is 7.09. The molecule has 0 radical (unpaired) electrons. The van der Waals surface area contributed by atoms with Gasteiger partial charge < -0.3 is 10.4 Å². The van der Waals surface area contributed by atoms with E-state index in [-0.39, 0.29) is 18.7 Å². The van der Waals surface area contributed by atoms with Crippen LogP contribution in [0.1, 0.15) is 38.3 Å². The minimum absolute atomic E-state index is 0.119. The number of nitrogens with one attached hydrogen (secondary N) is 1. The topological polar surface area (TPSA) is 32.3 Å². The Labute approximate surface area is 118 Å². The van der Waals surface area contributed by atoms with Gasteiger partial charge >= 0.3 is 6.18 Å². The predicted molar refractivity (Wildman–Crippen MR) is 73.3 cm³/mol. The van der Waals surface area contributed by atoms with Crippen LogP contribution in [0.15, 0.2) is 30.3 Å². The van der Waals surface area contributed by atoms with Crippen molar-refractivity contribution in [2.24, 2.45) is 5.41 Å². The fraction of sp³-hybridized carbons (Fsp3) is 0.600. The summed E-state index contributed by atoms with van der Waals surface area (Å²) in [5.41, 5.74) is -0.308. The lowest BCUT2D eigenvalue weighted by atomic mass is 9.83. The first-order chi connectivity index (χ1) is 9.38. The van der Waals surface area contributed by atoms with Gasteiger partial charge in [-0.25, -0.2) is 0 Å². The van der Waals surface area contributed by atoms with Crippen molar-refractivity contribution < 1.29 is 18.3 Å². The molecule has 0 saturated carbocycles. The third kappa shape index (κ3) is 4.21. The van der Waals surface area contributed by atoms with Crippen LogP contribution in [0, 0.1) is 5.41 Å². The van der Waals surface area contributed by atoms with Gasteiger partial charge in [-0.15, -0.1) is 0 Å². The van der Waals surface area contributed by atoms with Gasteiger partial charge in [0.25, 0.3) is 0 Å². The first kappa shape index (κ1) is 17.0. The lowest BCUT2D eigenvalue weighted by molar-refractivity contribution is -0.159. The second-order valence-electron chi connectivity index (χ2n) is 5.13. The number of alkyl halides is 3. The highest BCUT2D eigenvalue weighted by Gasteiger charge is 2.41. The van der Waals surface area contributed by atoms with Gasteiger partial charge in [0.05, 0.1) is 0 Å². The van der Waals surface area contributed by atoms with Gasteiger partial charge in [-0.05, 0) is 18.4 Å². The number of benzene rings is 1. The average molecular weight is 289 g/mol. The van der Waals surface area contributed by atoms with Crippen LogP contribution >= 0.6 is 0 Å². The van der Waals surface area contributed by atoms with Crippen molar-refractivity contribution >= 4 is 0 Å². The maximum atomic E-state index is 13.2. The van der Waals surface area contributed by atoms with Gasteiger partial charge in [-0.1, -0.05) is 44.2 Å². The van der Waals surface area contributed by atoms with E-state index in [4.69, 9.17) is 0 Å². The Bertz CT molecular complexity index is 380. The molecule has 0 bridgehead atoms. The number of hydrogen-bond donors (Lipinski definition) is 2. The predicted octanol–water partition coefficient (Wildman–Crippen LogP) is 3.68. The molecular weight excluding hydrogens is 267 g/mol. The summed E-state index contributed by atoms with van der Waals surface area (Å²) in [5.74, 6) is 0. The van der Waals surface area contributed by atoms with Gasteiger partial charge in [-0.2, -0.15) is 13.2 Å². The van der Waals surface area contributed by atoms with Crippen LogP contribution < -0.4 is 5.32 Å². The van der Waals surface area contributed by atoms with Crippen LogP contribution in [-0.2, 0) is 0 Å². The van der Waals surface area contributed by atoms with Crippen molar-refractivity contribution in [3.8, 4) is 0 Å². The molecule has 1 unspecified atom stereocenters. The fourth-order valence-corrected chi connectivity index (χ4v) is 2.17. The molecule has 5 heteroatoms. The molecule has 1 aromatic rings. The number of halogens is 3. The van der Waals surface area contributed by atoms with E-state index in [1.54, 1.807) is 18.2 Å². The van der Waals surface area contributed by atoms with E-state index in [2.05, 4.69) is 5.32 Å². The SMILES string of the molecule is CCC(CC)(CO)CNC(c1ccccc1)C(F)(F)F. The zero-order chi connectivity index (χ0) is 15.2. The van der Waals surface area contributed by atoms with Gasteiger partial charge in [-0.3, -0.25) is 0 Å². The Morgan fingerprint density at radius 1 is 1.10 bits per heavy atom. The van der Waals surface area contributed by atoms with Crippen LogP contribution in [0.5, 0.6) is 0 Å². The molecule has 0 spiro atoms. The van der Waals surface area contributed by atoms with Crippen molar-refractivity contribution in [2.75, 3.05) is 13.2 Å². The van der Waals surface area contributed by atoms with Crippen molar-refractivity contribution in [1.82, 2.24) is 5.32 Å². The molecule has 1 atom stereocenters. The Hall–Kier alpha value is -1.07. The lowest BCUT2D eigenvalue weighted by Crippen LogP contribution is -2.42. The van der Waals surface area contributed by atoms with Crippen molar-refractivity contribution in [1.29, 1.82) is 0 Å². The van der Waals surface area contributed by atoms with Crippen molar-refractivity contribution in [2.45, 2.75) is 38.9 Å². The Morgan fingerprint density at radius 2 is 1.65 bits per heavy atom. The molecule has 0 aromatic heterocycles. The molecule has 2 nitrogen and oxygen atoms in total. The quantitative estimate of drug-likeness (QED) is 0.802. The van der Waals surface area contributed by atoms with E-state index in [9.17, 15) is 18.3 Å². The van der Waals surface area contributed by atoms with Crippen LogP contribution in [0.2, 0.25) is 0 Å². The smallest absolute Gasteiger partial charge is 0.396 e.